The molecule has 0 radical (unpaired) electrons. The first-order chi connectivity index (χ1) is 8.16. The number of aromatic hydroxyl groups is 2. The zero-order chi connectivity index (χ0) is 12.3. The summed E-state index contributed by atoms with van der Waals surface area (Å²) in [6, 6.07) is 6.42. The average Bonchev–Trinajstić information content (AvgIpc) is 2.63. The highest BCUT2D eigenvalue weighted by atomic mass is 79.9. The van der Waals surface area contributed by atoms with Crippen molar-refractivity contribution in [3.05, 3.63) is 35.1 Å². The molecule has 0 saturated heterocycles. The molecule has 0 aromatic carbocycles. The number of halogens is 1. The van der Waals surface area contributed by atoms with E-state index in [2.05, 4.69) is 20.9 Å². The van der Waals surface area contributed by atoms with Crippen LogP contribution in [0.2, 0.25) is 0 Å². The van der Waals surface area contributed by atoms with Crippen LogP contribution in [0.4, 0.5) is 0 Å². The van der Waals surface area contributed by atoms with Crippen LogP contribution in [-0.4, -0.2) is 26.4 Å². The minimum atomic E-state index is 0.0139. The van der Waals surface area contributed by atoms with Crippen LogP contribution in [0.5, 0.6) is 17.5 Å². The molecule has 17 heavy (non-hydrogen) atoms. The number of aromatic nitrogens is 2. The molecular weight excluding hydrogens is 288 g/mol. The predicted octanol–water partition coefficient (Wildman–Crippen LogP) is 2.14. The van der Waals surface area contributed by atoms with E-state index in [0.717, 1.165) is 4.60 Å². The molecule has 0 fully saturated rings. The predicted molar refractivity (Wildman–Crippen MR) is 65.2 cm³/mol. The maximum Gasteiger partial charge on any atom is 0.193 e. The van der Waals surface area contributed by atoms with Gasteiger partial charge in [0.1, 0.15) is 17.0 Å². The highest BCUT2D eigenvalue weighted by molar-refractivity contribution is 9.10. The van der Waals surface area contributed by atoms with Gasteiger partial charge < -0.3 is 14.9 Å². The Kier molecular flexibility index (Phi) is 3.53. The number of ether oxygens (including phenoxy) is 1. The molecule has 2 rings (SSSR count). The molecule has 2 heterocycles. The summed E-state index contributed by atoms with van der Waals surface area (Å²) in [5, 5.41) is 18.8. The number of rotatable bonds is 4. The van der Waals surface area contributed by atoms with Crippen molar-refractivity contribution in [2.24, 2.45) is 0 Å². The Balaban J connectivity index is 1.90. The fourth-order valence-electron chi connectivity index (χ4n) is 1.38. The van der Waals surface area contributed by atoms with Gasteiger partial charge in [0.2, 0.25) is 0 Å². The van der Waals surface area contributed by atoms with Gasteiger partial charge in [-0.1, -0.05) is 0 Å². The summed E-state index contributed by atoms with van der Waals surface area (Å²) < 4.78 is 7.51. The third-order valence-electron chi connectivity index (χ3n) is 2.22. The van der Waals surface area contributed by atoms with Crippen molar-refractivity contribution in [2.75, 3.05) is 6.61 Å². The van der Waals surface area contributed by atoms with E-state index < -0.39 is 0 Å². The second kappa shape index (κ2) is 5.09. The molecule has 2 aromatic rings. The average molecular weight is 299 g/mol. The van der Waals surface area contributed by atoms with E-state index in [1.54, 1.807) is 18.3 Å². The Hall–Kier alpha value is -1.69. The fourth-order valence-corrected chi connectivity index (χ4v) is 1.61. The maximum absolute atomic E-state index is 9.39. The summed E-state index contributed by atoms with van der Waals surface area (Å²) in [4.78, 5) is 4.02. The number of hydrogen-bond acceptors (Lipinski definition) is 4. The molecule has 6 heteroatoms. The molecule has 0 bridgehead atoms. The standard InChI is InChI=1S/C11H11BrN2O3/c12-9-2-1-8(7-13-9)17-6-5-14-10(15)3-4-11(14)16/h1-4,7,15-16H,5-6H2. The minimum Gasteiger partial charge on any atom is -0.494 e. The Labute approximate surface area is 106 Å². The molecule has 0 unspecified atom stereocenters. The Bertz CT molecular complexity index is 476. The summed E-state index contributed by atoms with van der Waals surface area (Å²) in [5.41, 5.74) is 0. The zero-order valence-corrected chi connectivity index (χ0v) is 10.5. The van der Waals surface area contributed by atoms with E-state index in [-0.39, 0.29) is 11.8 Å². The Morgan fingerprint density at radius 3 is 2.47 bits per heavy atom. The summed E-state index contributed by atoms with van der Waals surface area (Å²) in [5.74, 6) is 0.666. The van der Waals surface area contributed by atoms with E-state index in [4.69, 9.17) is 4.74 Å². The second-order valence-corrected chi connectivity index (χ2v) is 4.18. The molecule has 0 aliphatic carbocycles. The van der Waals surface area contributed by atoms with Gasteiger partial charge in [-0.2, -0.15) is 0 Å². The number of pyridine rings is 1. The van der Waals surface area contributed by atoms with Gasteiger partial charge in [-0.15, -0.1) is 0 Å². The molecule has 0 atom stereocenters. The molecule has 5 nitrogen and oxygen atoms in total. The quantitative estimate of drug-likeness (QED) is 0.849. The second-order valence-electron chi connectivity index (χ2n) is 3.37. The lowest BCUT2D eigenvalue weighted by Crippen LogP contribution is -2.07. The normalized spacial score (nSPS) is 10.4. The van der Waals surface area contributed by atoms with Gasteiger partial charge in [0.25, 0.3) is 0 Å². The van der Waals surface area contributed by atoms with Crippen LogP contribution < -0.4 is 4.74 Å². The monoisotopic (exact) mass is 298 g/mol. The minimum absolute atomic E-state index is 0.0139. The lowest BCUT2D eigenvalue weighted by Gasteiger charge is -2.08. The summed E-state index contributed by atoms with van der Waals surface area (Å²) in [6.45, 7) is 0.694. The van der Waals surface area contributed by atoms with Crippen LogP contribution in [0.25, 0.3) is 0 Å². The molecular formula is C11H11BrN2O3. The van der Waals surface area contributed by atoms with E-state index in [1.807, 2.05) is 0 Å². The lowest BCUT2D eigenvalue weighted by atomic mass is 10.5. The molecule has 0 spiro atoms. The van der Waals surface area contributed by atoms with Crippen molar-refractivity contribution in [3.63, 3.8) is 0 Å². The maximum atomic E-state index is 9.39. The van der Waals surface area contributed by atoms with Crippen LogP contribution in [0.1, 0.15) is 0 Å². The van der Waals surface area contributed by atoms with Gasteiger partial charge in [0, 0.05) is 12.1 Å². The summed E-state index contributed by atoms with van der Waals surface area (Å²) >= 11 is 3.23. The van der Waals surface area contributed by atoms with Crippen molar-refractivity contribution in [2.45, 2.75) is 6.54 Å². The van der Waals surface area contributed by atoms with Crippen molar-refractivity contribution in [3.8, 4) is 17.5 Å². The van der Waals surface area contributed by atoms with E-state index >= 15 is 0 Å². The van der Waals surface area contributed by atoms with Gasteiger partial charge in [0.15, 0.2) is 11.8 Å². The lowest BCUT2D eigenvalue weighted by molar-refractivity contribution is 0.274. The van der Waals surface area contributed by atoms with Crippen molar-refractivity contribution in [1.29, 1.82) is 0 Å². The van der Waals surface area contributed by atoms with Gasteiger partial charge >= 0.3 is 0 Å². The molecule has 0 saturated carbocycles. The third-order valence-corrected chi connectivity index (χ3v) is 2.69. The van der Waals surface area contributed by atoms with Crippen molar-refractivity contribution in [1.82, 2.24) is 9.55 Å². The fraction of sp³-hybridized carbons (Fsp3) is 0.182. The smallest absolute Gasteiger partial charge is 0.193 e. The van der Waals surface area contributed by atoms with Crippen molar-refractivity contribution >= 4 is 15.9 Å². The first-order valence-corrected chi connectivity index (χ1v) is 5.78. The summed E-state index contributed by atoms with van der Waals surface area (Å²) in [6.07, 6.45) is 1.60. The van der Waals surface area contributed by atoms with E-state index in [9.17, 15) is 10.2 Å². The van der Waals surface area contributed by atoms with Gasteiger partial charge in [0.05, 0.1) is 12.7 Å². The van der Waals surface area contributed by atoms with Crippen LogP contribution in [0.15, 0.2) is 35.1 Å². The van der Waals surface area contributed by atoms with Crippen LogP contribution in [0, 0.1) is 0 Å². The highest BCUT2D eigenvalue weighted by Gasteiger charge is 2.05. The Morgan fingerprint density at radius 2 is 1.88 bits per heavy atom. The molecule has 0 amide bonds. The molecule has 2 aromatic heterocycles. The van der Waals surface area contributed by atoms with Crippen molar-refractivity contribution < 1.29 is 14.9 Å². The van der Waals surface area contributed by atoms with Gasteiger partial charge in [-0.3, -0.25) is 4.57 Å². The van der Waals surface area contributed by atoms with Gasteiger partial charge in [-0.25, -0.2) is 4.98 Å². The Morgan fingerprint density at radius 1 is 1.18 bits per heavy atom. The van der Waals surface area contributed by atoms with E-state index in [1.165, 1.54) is 16.7 Å². The topological polar surface area (TPSA) is 67.5 Å². The molecule has 90 valence electrons. The van der Waals surface area contributed by atoms with E-state index in [0.29, 0.717) is 18.9 Å². The zero-order valence-electron chi connectivity index (χ0n) is 8.88. The summed E-state index contributed by atoms with van der Waals surface area (Å²) in [7, 11) is 0. The van der Waals surface area contributed by atoms with Crippen LogP contribution >= 0.6 is 15.9 Å². The van der Waals surface area contributed by atoms with Crippen LogP contribution in [0.3, 0.4) is 0 Å². The first kappa shape index (κ1) is 11.8. The number of nitrogens with zero attached hydrogens (tertiary/aromatic N) is 2. The van der Waals surface area contributed by atoms with Crippen LogP contribution in [-0.2, 0) is 6.54 Å². The molecule has 0 aliphatic heterocycles. The third kappa shape index (κ3) is 2.91. The largest absolute Gasteiger partial charge is 0.494 e. The first-order valence-electron chi connectivity index (χ1n) is 4.98. The molecule has 2 N–H and O–H groups in total. The highest BCUT2D eigenvalue weighted by Crippen LogP contribution is 2.20. The van der Waals surface area contributed by atoms with Gasteiger partial charge in [-0.05, 0) is 28.1 Å². The SMILES string of the molecule is Oc1ccc(O)n1CCOc1ccc(Br)nc1. The number of hydrogen-bond donors (Lipinski definition) is 2. The molecule has 0 aliphatic rings.